The lowest BCUT2D eigenvalue weighted by molar-refractivity contribution is 0.0516. The molecule has 2 aromatic heterocycles. The molecule has 1 aliphatic heterocycles. The number of benzene rings is 1. The molecule has 1 fully saturated rings. The summed E-state index contributed by atoms with van der Waals surface area (Å²) in [5, 5.41) is 3.76. The van der Waals surface area contributed by atoms with Gasteiger partial charge in [0.05, 0.1) is 23.6 Å². The standard InChI is InChI=1S/C20H27N5O/c1-3-25-11-10-21-20(25)19(15-8-12-26-13-9-15)22-14-18-23-16-6-4-5-7-17(16)24(18)2/h4-7,10-11,15,19,22H,3,8-9,12-14H2,1-2H3/t19-/m1/s1. The van der Waals surface area contributed by atoms with Crippen LogP contribution in [-0.4, -0.2) is 32.3 Å². The molecule has 0 aliphatic carbocycles. The summed E-state index contributed by atoms with van der Waals surface area (Å²) in [6.45, 7) is 5.49. The lowest BCUT2D eigenvalue weighted by Gasteiger charge is -2.31. The summed E-state index contributed by atoms with van der Waals surface area (Å²) >= 11 is 0. The second-order valence-corrected chi connectivity index (χ2v) is 6.96. The fourth-order valence-electron chi connectivity index (χ4n) is 3.94. The number of para-hydroxylation sites is 2. The molecule has 1 aliphatic rings. The molecular weight excluding hydrogens is 326 g/mol. The van der Waals surface area contributed by atoms with Gasteiger partial charge in [-0.1, -0.05) is 12.1 Å². The van der Waals surface area contributed by atoms with Gasteiger partial charge in [-0.05, 0) is 37.8 Å². The minimum absolute atomic E-state index is 0.216. The maximum Gasteiger partial charge on any atom is 0.126 e. The molecule has 6 heteroatoms. The van der Waals surface area contributed by atoms with E-state index >= 15 is 0 Å². The Morgan fingerprint density at radius 1 is 1.27 bits per heavy atom. The second-order valence-electron chi connectivity index (χ2n) is 6.96. The van der Waals surface area contributed by atoms with Gasteiger partial charge in [0.15, 0.2) is 0 Å². The Bertz CT molecular complexity index is 862. The Morgan fingerprint density at radius 2 is 2.08 bits per heavy atom. The first-order chi connectivity index (χ1) is 12.8. The Balaban J connectivity index is 1.58. The van der Waals surface area contributed by atoms with E-state index in [0.717, 1.165) is 56.3 Å². The van der Waals surface area contributed by atoms with E-state index in [1.807, 2.05) is 12.3 Å². The number of hydrogen-bond acceptors (Lipinski definition) is 4. The van der Waals surface area contributed by atoms with Crippen LogP contribution < -0.4 is 5.32 Å². The molecule has 0 saturated carbocycles. The van der Waals surface area contributed by atoms with Crippen molar-refractivity contribution in [2.24, 2.45) is 13.0 Å². The van der Waals surface area contributed by atoms with E-state index in [1.54, 1.807) is 0 Å². The molecule has 0 bridgehead atoms. The first kappa shape index (κ1) is 17.2. The van der Waals surface area contributed by atoms with E-state index < -0.39 is 0 Å². The molecule has 26 heavy (non-hydrogen) atoms. The third kappa shape index (κ3) is 3.27. The topological polar surface area (TPSA) is 56.9 Å². The summed E-state index contributed by atoms with van der Waals surface area (Å²) in [4.78, 5) is 9.47. The van der Waals surface area contributed by atoms with Crippen LogP contribution in [0.3, 0.4) is 0 Å². The van der Waals surface area contributed by atoms with Crippen LogP contribution in [0.2, 0.25) is 0 Å². The van der Waals surface area contributed by atoms with Crippen molar-refractivity contribution >= 4 is 11.0 Å². The van der Waals surface area contributed by atoms with E-state index in [1.165, 1.54) is 5.52 Å². The van der Waals surface area contributed by atoms with Crippen molar-refractivity contribution < 1.29 is 4.74 Å². The molecule has 3 aromatic rings. The lowest BCUT2D eigenvalue weighted by atomic mass is 9.91. The number of nitrogens with zero attached hydrogens (tertiary/aromatic N) is 4. The van der Waals surface area contributed by atoms with Crippen molar-refractivity contribution in [1.82, 2.24) is 24.4 Å². The van der Waals surface area contributed by atoms with Crippen molar-refractivity contribution in [2.75, 3.05) is 13.2 Å². The molecule has 3 heterocycles. The maximum atomic E-state index is 5.57. The van der Waals surface area contributed by atoms with Gasteiger partial charge in [-0.25, -0.2) is 9.97 Å². The first-order valence-corrected chi connectivity index (χ1v) is 9.50. The summed E-state index contributed by atoms with van der Waals surface area (Å²) in [5.41, 5.74) is 2.21. The molecule has 0 radical (unpaired) electrons. The molecule has 1 N–H and O–H groups in total. The number of aromatic nitrogens is 4. The van der Waals surface area contributed by atoms with Gasteiger partial charge in [0.1, 0.15) is 11.6 Å². The predicted octanol–water partition coefficient (Wildman–Crippen LogP) is 3.05. The van der Waals surface area contributed by atoms with E-state index in [0.29, 0.717) is 5.92 Å². The lowest BCUT2D eigenvalue weighted by Crippen LogP contribution is -2.34. The average molecular weight is 353 g/mol. The fourth-order valence-corrected chi connectivity index (χ4v) is 3.94. The van der Waals surface area contributed by atoms with Crippen LogP contribution in [0, 0.1) is 5.92 Å². The fraction of sp³-hybridized carbons (Fsp3) is 0.500. The molecule has 0 unspecified atom stereocenters. The molecule has 0 spiro atoms. The SMILES string of the molecule is CCn1ccnc1[C@H](NCc1nc2ccccc2n1C)C1CCOCC1. The summed E-state index contributed by atoms with van der Waals surface area (Å²) in [6, 6.07) is 8.50. The highest BCUT2D eigenvalue weighted by Gasteiger charge is 2.28. The number of imidazole rings is 2. The van der Waals surface area contributed by atoms with Crippen molar-refractivity contribution in [1.29, 1.82) is 0 Å². The van der Waals surface area contributed by atoms with Gasteiger partial charge in [0.2, 0.25) is 0 Å². The highest BCUT2D eigenvalue weighted by atomic mass is 16.5. The van der Waals surface area contributed by atoms with Crippen molar-refractivity contribution in [3.63, 3.8) is 0 Å². The van der Waals surface area contributed by atoms with E-state index in [2.05, 4.69) is 57.8 Å². The molecular formula is C20H27N5O. The van der Waals surface area contributed by atoms with Crippen LogP contribution in [0.15, 0.2) is 36.7 Å². The van der Waals surface area contributed by atoms with Crippen LogP contribution >= 0.6 is 0 Å². The number of rotatable bonds is 6. The second kappa shape index (κ2) is 7.60. The Labute approximate surface area is 154 Å². The van der Waals surface area contributed by atoms with Crippen LogP contribution in [0.1, 0.15) is 37.5 Å². The average Bonchev–Trinajstić information content (AvgIpc) is 3.28. The minimum atomic E-state index is 0.216. The molecule has 1 aromatic carbocycles. The summed E-state index contributed by atoms with van der Waals surface area (Å²) in [6.07, 6.45) is 6.11. The third-order valence-electron chi connectivity index (χ3n) is 5.46. The van der Waals surface area contributed by atoms with Gasteiger partial charge in [0.25, 0.3) is 0 Å². The van der Waals surface area contributed by atoms with Crippen LogP contribution in [-0.2, 0) is 24.9 Å². The third-order valence-corrected chi connectivity index (χ3v) is 5.46. The smallest absolute Gasteiger partial charge is 0.126 e. The molecule has 138 valence electrons. The summed E-state index contributed by atoms with van der Waals surface area (Å²) < 4.78 is 9.99. The summed E-state index contributed by atoms with van der Waals surface area (Å²) in [7, 11) is 2.09. The maximum absolute atomic E-state index is 5.57. The number of aryl methyl sites for hydroxylation is 2. The summed E-state index contributed by atoms with van der Waals surface area (Å²) in [5.74, 6) is 2.71. The highest BCUT2D eigenvalue weighted by Crippen LogP contribution is 2.30. The zero-order chi connectivity index (χ0) is 17.9. The zero-order valence-corrected chi connectivity index (χ0v) is 15.6. The molecule has 1 saturated heterocycles. The van der Waals surface area contributed by atoms with Gasteiger partial charge < -0.3 is 19.2 Å². The van der Waals surface area contributed by atoms with E-state index in [4.69, 9.17) is 9.72 Å². The van der Waals surface area contributed by atoms with Gasteiger partial charge in [-0.3, -0.25) is 0 Å². The van der Waals surface area contributed by atoms with Crippen molar-refractivity contribution in [3.8, 4) is 0 Å². The molecule has 1 atom stereocenters. The Morgan fingerprint density at radius 3 is 2.85 bits per heavy atom. The van der Waals surface area contributed by atoms with Gasteiger partial charge in [0, 0.05) is 39.2 Å². The quantitative estimate of drug-likeness (QED) is 0.740. The largest absolute Gasteiger partial charge is 0.381 e. The molecule has 0 amide bonds. The van der Waals surface area contributed by atoms with E-state index in [-0.39, 0.29) is 6.04 Å². The van der Waals surface area contributed by atoms with Gasteiger partial charge in [-0.15, -0.1) is 0 Å². The number of nitrogens with one attached hydrogen (secondary N) is 1. The van der Waals surface area contributed by atoms with Gasteiger partial charge >= 0.3 is 0 Å². The Kier molecular flexibility index (Phi) is 5.04. The van der Waals surface area contributed by atoms with Crippen molar-refractivity contribution in [2.45, 2.75) is 38.9 Å². The number of ether oxygens (including phenoxy) is 1. The van der Waals surface area contributed by atoms with Gasteiger partial charge in [-0.2, -0.15) is 0 Å². The number of hydrogen-bond donors (Lipinski definition) is 1. The van der Waals surface area contributed by atoms with Crippen molar-refractivity contribution in [3.05, 3.63) is 48.3 Å². The van der Waals surface area contributed by atoms with E-state index in [9.17, 15) is 0 Å². The highest BCUT2D eigenvalue weighted by molar-refractivity contribution is 5.75. The van der Waals surface area contributed by atoms with Crippen LogP contribution in [0.5, 0.6) is 0 Å². The number of fused-ring (bicyclic) bond motifs is 1. The molecule has 4 rings (SSSR count). The monoisotopic (exact) mass is 353 g/mol. The van der Waals surface area contributed by atoms with Crippen LogP contribution in [0.4, 0.5) is 0 Å². The zero-order valence-electron chi connectivity index (χ0n) is 15.6. The molecule has 6 nitrogen and oxygen atoms in total. The Hall–Kier alpha value is -2.18. The normalized spacial score (nSPS) is 17.0. The first-order valence-electron chi connectivity index (χ1n) is 9.50. The minimum Gasteiger partial charge on any atom is -0.381 e. The van der Waals surface area contributed by atoms with Crippen LogP contribution in [0.25, 0.3) is 11.0 Å². The predicted molar refractivity (Wildman–Crippen MR) is 102 cm³/mol.